The van der Waals surface area contributed by atoms with Crippen molar-refractivity contribution in [1.82, 2.24) is 9.88 Å². The zero-order valence-electron chi connectivity index (χ0n) is 14.0. The topological polar surface area (TPSA) is 45.2 Å². The Bertz CT molecular complexity index is 821. The highest BCUT2D eigenvalue weighted by atomic mass is 35.5. The number of benzene rings is 1. The summed E-state index contributed by atoms with van der Waals surface area (Å²) in [6, 6.07) is 5.34. The molecule has 0 spiro atoms. The molecule has 1 saturated heterocycles. The zero-order valence-corrected chi connectivity index (χ0v) is 18.0. The molecule has 1 aromatic carbocycles. The number of likely N-dealkylation sites (tertiary alicyclic amines) is 1. The lowest BCUT2D eigenvalue weighted by molar-refractivity contribution is -0.115. The van der Waals surface area contributed by atoms with Crippen molar-refractivity contribution in [3.05, 3.63) is 33.6 Å². The van der Waals surface area contributed by atoms with E-state index in [2.05, 4.69) is 15.2 Å². The first-order valence-electron chi connectivity index (χ1n) is 8.11. The minimum atomic E-state index is -0.277. The summed E-state index contributed by atoms with van der Waals surface area (Å²) in [7, 11) is 0. The second-order valence-corrected chi connectivity index (χ2v) is 9.52. The van der Waals surface area contributed by atoms with Crippen LogP contribution in [0.2, 0.25) is 10.0 Å². The molecular formula is C17H17Cl2N3OS3. The van der Waals surface area contributed by atoms with Gasteiger partial charge in [0.2, 0.25) is 5.91 Å². The number of rotatable bonds is 4. The minimum absolute atomic E-state index is 0.105. The first kappa shape index (κ1) is 19.9. The number of carbonyl (C=O) groups is 1. The number of halogens is 2. The molecule has 0 aliphatic carbocycles. The average Bonchev–Trinajstić information content (AvgIpc) is 3.29. The van der Waals surface area contributed by atoms with Crippen LogP contribution in [0.4, 0.5) is 5.13 Å². The molecule has 1 fully saturated rings. The molecule has 3 rings (SSSR count). The fraction of sp³-hybridized carbons (Fsp3) is 0.353. The van der Waals surface area contributed by atoms with Crippen molar-refractivity contribution < 1.29 is 4.79 Å². The fourth-order valence-electron chi connectivity index (χ4n) is 2.51. The van der Waals surface area contributed by atoms with Crippen molar-refractivity contribution >= 4 is 73.9 Å². The van der Waals surface area contributed by atoms with E-state index in [0.29, 0.717) is 15.2 Å². The van der Waals surface area contributed by atoms with Gasteiger partial charge in [-0.2, -0.15) is 0 Å². The molecule has 138 valence electrons. The highest BCUT2D eigenvalue weighted by Gasteiger charge is 2.22. The van der Waals surface area contributed by atoms with Crippen molar-refractivity contribution in [2.75, 3.05) is 18.4 Å². The lowest BCUT2D eigenvalue weighted by atomic mass is 10.2. The van der Waals surface area contributed by atoms with Gasteiger partial charge in [0.1, 0.15) is 4.32 Å². The summed E-state index contributed by atoms with van der Waals surface area (Å²) in [6.07, 6.45) is 2.33. The zero-order chi connectivity index (χ0) is 18.7. The van der Waals surface area contributed by atoms with E-state index in [1.165, 1.54) is 23.1 Å². The lowest BCUT2D eigenvalue weighted by Gasteiger charge is -2.20. The molecule has 4 nitrogen and oxygen atoms in total. The molecule has 0 saturated carbocycles. The quantitative estimate of drug-likeness (QED) is 0.624. The summed E-state index contributed by atoms with van der Waals surface area (Å²) in [4.78, 5) is 19.1. The number of thioether (sulfide) groups is 1. The number of amides is 1. The maximum Gasteiger partial charge on any atom is 0.239 e. The summed E-state index contributed by atoms with van der Waals surface area (Å²) in [5, 5.41) is 5.99. The van der Waals surface area contributed by atoms with Crippen molar-refractivity contribution in [3.63, 3.8) is 0 Å². The normalized spacial score (nSPS) is 15.1. The maximum atomic E-state index is 12.4. The molecule has 2 heterocycles. The third-order valence-corrected chi connectivity index (χ3v) is 7.03. The Balaban J connectivity index is 1.60. The van der Waals surface area contributed by atoms with Gasteiger partial charge >= 0.3 is 0 Å². The molecule has 1 aromatic heterocycles. The summed E-state index contributed by atoms with van der Waals surface area (Å²) in [5.41, 5.74) is 1.60. The molecule has 9 heteroatoms. The Morgan fingerprint density at radius 3 is 2.77 bits per heavy atom. The summed E-state index contributed by atoms with van der Waals surface area (Å²) in [5.74, 6) is -0.105. The standard InChI is InChI=1S/C17H17Cl2N3OS3/c1-10(26-17(24)22-6-2-3-7-22)15(23)21-16-20-14(9-25-16)11-4-5-12(18)13(19)8-11/h4-5,8-10H,2-3,6-7H2,1H3,(H,20,21,23)/t10-/m1/s1. The first-order chi connectivity index (χ1) is 12.4. The number of nitrogens with zero attached hydrogens (tertiary/aromatic N) is 2. The van der Waals surface area contributed by atoms with Crippen LogP contribution in [0.15, 0.2) is 23.6 Å². The van der Waals surface area contributed by atoms with Crippen LogP contribution >= 0.6 is 58.5 Å². The van der Waals surface area contributed by atoms with Crippen LogP contribution in [0.5, 0.6) is 0 Å². The molecular weight excluding hydrogens is 429 g/mol. The van der Waals surface area contributed by atoms with Crippen LogP contribution < -0.4 is 5.32 Å². The summed E-state index contributed by atoms with van der Waals surface area (Å²) >= 11 is 20.2. The largest absolute Gasteiger partial charge is 0.358 e. The van der Waals surface area contributed by atoms with Gasteiger partial charge in [-0.1, -0.05) is 53.2 Å². The predicted molar refractivity (Wildman–Crippen MR) is 117 cm³/mol. The van der Waals surface area contributed by atoms with Gasteiger partial charge in [-0.15, -0.1) is 11.3 Å². The van der Waals surface area contributed by atoms with Gasteiger partial charge in [-0.3, -0.25) is 4.79 Å². The number of thiazole rings is 1. The SMILES string of the molecule is C[C@@H](SC(=S)N1CCCC1)C(=O)Nc1nc(-c2ccc(Cl)c(Cl)c2)cs1. The first-order valence-corrected chi connectivity index (χ1v) is 11.0. The van der Waals surface area contributed by atoms with Crippen LogP contribution in [-0.4, -0.2) is 38.5 Å². The highest BCUT2D eigenvalue weighted by molar-refractivity contribution is 8.23. The molecule has 0 radical (unpaired) electrons. The number of hydrogen-bond donors (Lipinski definition) is 1. The van der Waals surface area contributed by atoms with Crippen molar-refractivity contribution in [1.29, 1.82) is 0 Å². The van der Waals surface area contributed by atoms with Crippen molar-refractivity contribution in [2.45, 2.75) is 25.0 Å². The molecule has 26 heavy (non-hydrogen) atoms. The van der Waals surface area contributed by atoms with E-state index < -0.39 is 0 Å². The van der Waals surface area contributed by atoms with Crippen LogP contribution in [0.3, 0.4) is 0 Å². The number of thiocarbonyl (C=S) groups is 1. The minimum Gasteiger partial charge on any atom is -0.358 e. The van der Waals surface area contributed by atoms with Crippen molar-refractivity contribution in [3.8, 4) is 11.3 Å². The van der Waals surface area contributed by atoms with E-state index in [-0.39, 0.29) is 11.2 Å². The van der Waals surface area contributed by atoms with E-state index in [4.69, 9.17) is 35.4 Å². The van der Waals surface area contributed by atoms with Crippen LogP contribution in [-0.2, 0) is 4.79 Å². The Morgan fingerprint density at radius 2 is 2.08 bits per heavy atom. The third kappa shape index (κ3) is 4.89. The van der Waals surface area contributed by atoms with Gasteiger partial charge in [0, 0.05) is 24.0 Å². The smallest absolute Gasteiger partial charge is 0.239 e. The summed E-state index contributed by atoms with van der Waals surface area (Å²) < 4.78 is 0.792. The Morgan fingerprint density at radius 1 is 1.35 bits per heavy atom. The van der Waals surface area contributed by atoms with Gasteiger partial charge in [-0.25, -0.2) is 4.98 Å². The molecule has 0 bridgehead atoms. The molecule has 1 atom stereocenters. The molecule has 1 N–H and O–H groups in total. The second-order valence-electron chi connectivity index (χ2n) is 5.88. The predicted octanol–water partition coefficient (Wildman–Crippen LogP) is 5.56. The van der Waals surface area contributed by atoms with Gasteiger partial charge < -0.3 is 10.2 Å². The van der Waals surface area contributed by atoms with Crippen molar-refractivity contribution in [2.24, 2.45) is 0 Å². The fourth-order valence-corrected chi connectivity index (χ4v) is 4.94. The van der Waals surface area contributed by atoms with Gasteiger partial charge in [-0.05, 0) is 31.9 Å². The van der Waals surface area contributed by atoms with E-state index in [1.807, 2.05) is 18.4 Å². The van der Waals surface area contributed by atoms with Crippen LogP contribution in [0, 0.1) is 0 Å². The lowest BCUT2D eigenvalue weighted by Crippen LogP contribution is -2.29. The van der Waals surface area contributed by atoms with Crippen LogP contribution in [0.1, 0.15) is 19.8 Å². The molecule has 0 unspecified atom stereocenters. The van der Waals surface area contributed by atoms with Gasteiger partial charge in [0.05, 0.1) is 21.0 Å². The van der Waals surface area contributed by atoms with E-state index in [1.54, 1.807) is 12.1 Å². The Hall–Kier alpha value is -0.860. The molecule has 1 aliphatic rings. The van der Waals surface area contributed by atoms with Gasteiger partial charge in [0.15, 0.2) is 5.13 Å². The highest BCUT2D eigenvalue weighted by Crippen LogP contribution is 2.31. The Kier molecular flexibility index (Phi) is 6.80. The monoisotopic (exact) mass is 445 g/mol. The Labute approximate surface area is 176 Å². The third-order valence-electron chi connectivity index (χ3n) is 3.96. The van der Waals surface area contributed by atoms with E-state index in [0.717, 1.165) is 41.5 Å². The molecule has 1 amide bonds. The number of anilines is 1. The average molecular weight is 446 g/mol. The van der Waals surface area contributed by atoms with E-state index >= 15 is 0 Å². The summed E-state index contributed by atoms with van der Waals surface area (Å²) in [6.45, 7) is 3.83. The molecule has 1 aliphatic heterocycles. The number of nitrogens with one attached hydrogen (secondary N) is 1. The maximum absolute atomic E-state index is 12.4. The number of carbonyl (C=O) groups excluding carboxylic acids is 1. The second kappa shape index (κ2) is 8.89. The molecule has 2 aromatic rings. The number of hydrogen-bond acceptors (Lipinski definition) is 5. The van der Waals surface area contributed by atoms with Crippen LogP contribution in [0.25, 0.3) is 11.3 Å². The number of aromatic nitrogens is 1. The van der Waals surface area contributed by atoms with Gasteiger partial charge in [0.25, 0.3) is 0 Å². The van der Waals surface area contributed by atoms with E-state index in [9.17, 15) is 4.79 Å².